The summed E-state index contributed by atoms with van der Waals surface area (Å²) in [5, 5.41) is 10.5. The Morgan fingerprint density at radius 3 is 2.78 bits per heavy atom. The minimum atomic E-state index is -0.473. The molecule has 23 heavy (non-hydrogen) atoms. The van der Waals surface area contributed by atoms with E-state index < -0.39 is 6.10 Å². The molecular formula is C18H26N2O3. The van der Waals surface area contributed by atoms with E-state index in [2.05, 4.69) is 4.90 Å². The maximum absolute atomic E-state index is 11.7. The van der Waals surface area contributed by atoms with Gasteiger partial charge in [0.05, 0.1) is 19.3 Å². The van der Waals surface area contributed by atoms with Gasteiger partial charge in [-0.1, -0.05) is 30.3 Å². The Hall–Kier alpha value is -1.43. The van der Waals surface area contributed by atoms with Crippen LogP contribution >= 0.6 is 0 Å². The van der Waals surface area contributed by atoms with E-state index in [0.29, 0.717) is 19.4 Å². The number of aliphatic hydroxyl groups is 1. The van der Waals surface area contributed by atoms with Crippen molar-refractivity contribution >= 4 is 5.91 Å². The lowest BCUT2D eigenvalue weighted by atomic mass is 10.0. The molecule has 0 saturated carbocycles. The van der Waals surface area contributed by atoms with Crippen molar-refractivity contribution in [2.45, 2.75) is 31.4 Å². The third-order valence-corrected chi connectivity index (χ3v) is 4.86. The molecule has 2 aliphatic heterocycles. The molecular weight excluding hydrogens is 292 g/mol. The van der Waals surface area contributed by atoms with Crippen molar-refractivity contribution in [3.8, 4) is 0 Å². The van der Waals surface area contributed by atoms with Crippen molar-refractivity contribution in [3.63, 3.8) is 0 Å². The van der Waals surface area contributed by atoms with Crippen LogP contribution in [0.15, 0.2) is 30.3 Å². The summed E-state index contributed by atoms with van der Waals surface area (Å²) in [5.74, 6) is 0.277. The van der Waals surface area contributed by atoms with Crippen molar-refractivity contribution in [1.82, 2.24) is 9.80 Å². The van der Waals surface area contributed by atoms with Gasteiger partial charge in [0.25, 0.3) is 0 Å². The topological polar surface area (TPSA) is 53.0 Å². The molecule has 0 bridgehead atoms. The highest BCUT2D eigenvalue weighted by Gasteiger charge is 2.27. The fourth-order valence-corrected chi connectivity index (χ4v) is 3.46. The third kappa shape index (κ3) is 4.31. The number of ether oxygens (including phenoxy) is 1. The number of aliphatic hydroxyl groups excluding tert-OH is 1. The normalized spacial score (nSPS) is 24.1. The Bertz CT molecular complexity index is 508. The predicted octanol–water partition coefficient (Wildman–Crippen LogP) is 1.43. The number of nitrogens with zero attached hydrogens (tertiary/aromatic N) is 2. The summed E-state index contributed by atoms with van der Waals surface area (Å²) < 4.78 is 5.61. The van der Waals surface area contributed by atoms with E-state index in [0.717, 1.165) is 44.8 Å². The second-order valence-corrected chi connectivity index (χ2v) is 6.41. The Balaban J connectivity index is 1.54. The highest BCUT2D eigenvalue weighted by Crippen LogP contribution is 2.22. The van der Waals surface area contributed by atoms with Crippen LogP contribution in [0.2, 0.25) is 0 Å². The molecule has 1 aromatic rings. The first-order valence-electron chi connectivity index (χ1n) is 8.56. The molecule has 2 saturated heterocycles. The number of morpholine rings is 1. The number of likely N-dealkylation sites (tertiary alicyclic amines) is 1. The van der Waals surface area contributed by atoms with Gasteiger partial charge in [0.1, 0.15) is 0 Å². The maximum Gasteiger partial charge on any atom is 0.222 e. The third-order valence-electron chi connectivity index (χ3n) is 4.86. The molecule has 1 aromatic carbocycles. The Kier molecular flexibility index (Phi) is 5.65. The van der Waals surface area contributed by atoms with Crippen LogP contribution < -0.4 is 0 Å². The summed E-state index contributed by atoms with van der Waals surface area (Å²) in [7, 11) is 0. The van der Waals surface area contributed by atoms with Gasteiger partial charge in [0.15, 0.2) is 0 Å². The molecule has 2 fully saturated rings. The Morgan fingerprint density at radius 1 is 1.22 bits per heavy atom. The van der Waals surface area contributed by atoms with Crippen LogP contribution in [0.1, 0.15) is 30.9 Å². The molecule has 0 spiro atoms. The van der Waals surface area contributed by atoms with E-state index in [1.54, 1.807) is 0 Å². The highest BCUT2D eigenvalue weighted by atomic mass is 16.5. The number of hydrogen-bond acceptors (Lipinski definition) is 4. The van der Waals surface area contributed by atoms with Crippen LogP contribution in [0.3, 0.4) is 0 Å². The first-order valence-corrected chi connectivity index (χ1v) is 8.56. The molecule has 2 aliphatic rings. The number of rotatable bonds is 6. The quantitative estimate of drug-likeness (QED) is 0.862. The van der Waals surface area contributed by atoms with E-state index in [9.17, 15) is 9.90 Å². The molecule has 2 atom stereocenters. The summed E-state index contributed by atoms with van der Waals surface area (Å²) in [5.41, 5.74) is 0.952. The van der Waals surface area contributed by atoms with Crippen LogP contribution in [0.5, 0.6) is 0 Å². The summed E-state index contributed by atoms with van der Waals surface area (Å²) in [6.45, 7) is 4.79. The van der Waals surface area contributed by atoms with Gasteiger partial charge in [-0.05, 0) is 18.4 Å². The predicted molar refractivity (Wildman–Crippen MR) is 88.0 cm³/mol. The monoisotopic (exact) mass is 318 g/mol. The number of hydrogen-bond donors (Lipinski definition) is 1. The van der Waals surface area contributed by atoms with E-state index in [-0.39, 0.29) is 11.9 Å². The summed E-state index contributed by atoms with van der Waals surface area (Å²) >= 11 is 0. The van der Waals surface area contributed by atoms with Crippen molar-refractivity contribution in [2.75, 3.05) is 39.4 Å². The number of carbonyl (C=O) groups excluding carboxylic acids is 1. The zero-order valence-corrected chi connectivity index (χ0v) is 13.6. The zero-order chi connectivity index (χ0) is 16.1. The lowest BCUT2D eigenvalue weighted by Gasteiger charge is -2.37. The van der Waals surface area contributed by atoms with Crippen LogP contribution in [0.4, 0.5) is 0 Å². The first kappa shape index (κ1) is 16.4. The smallest absolute Gasteiger partial charge is 0.222 e. The number of benzene rings is 1. The van der Waals surface area contributed by atoms with Gasteiger partial charge in [-0.15, -0.1) is 0 Å². The summed E-state index contributed by atoms with van der Waals surface area (Å²) in [6, 6.07) is 9.98. The van der Waals surface area contributed by atoms with E-state index in [4.69, 9.17) is 4.74 Å². The Labute approximate surface area is 137 Å². The lowest BCUT2D eigenvalue weighted by Crippen LogP contribution is -2.49. The summed E-state index contributed by atoms with van der Waals surface area (Å²) in [6.07, 6.45) is 1.87. The lowest BCUT2D eigenvalue weighted by molar-refractivity contribution is -0.128. The first-order chi connectivity index (χ1) is 11.2. The van der Waals surface area contributed by atoms with Crippen molar-refractivity contribution in [1.29, 1.82) is 0 Å². The average Bonchev–Trinajstić information content (AvgIpc) is 3.00. The van der Waals surface area contributed by atoms with Crippen LogP contribution in [0.25, 0.3) is 0 Å². The molecule has 1 amide bonds. The molecule has 126 valence electrons. The molecule has 0 aliphatic carbocycles. The largest absolute Gasteiger partial charge is 0.388 e. The number of amides is 1. The molecule has 2 unspecified atom stereocenters. The van der Waals surface area contributed by atoms with Crippen LogP contribution in [-0.4, -0.2) is 66.2 Å². The molecule has 5 nitrogen and oxygen atoms in total. The Morgan fingerprint density at radius 2 is 2.04 bits per heavy atom. The van der Waals surface area contributed by atoms with Gasteiger partial charge in [0.2, 0.25) is 5.91 Å². The molecule has 1 N–H and O–H groups in total. The average molecular weight is 318 g/mol. The van der Waals surface area contributed by atoms with Crippen molar-refractivity contribution < 1.29 is 14.6 Å². The standard InChI is InChI=1S/C18H26N2O3/c21-17(15-5-2-1-3-6-15)13-16-14-23-12-11-19(16)9-10-20-8-4-7-18(20)22/h1-3,5-6,16-17,21H,4,7-14H2. The van der Waals surface area contributed by atoms with Crippen LogP contribution in [0, 0.1) is 0 Å². The van der Waals surface area contributed by atoms with Gasteiger partial charge < -0.3 is 14.7 Å². The van der Waals surface area contributed by atoms with E-state index in [1.807, 2.05) is 35.2 Å². The fraction of sp³-hybridized carbons (Fsp3) is 0.611. The molecule has 2 heterocycles. The number of carbonyl (C=O) groups is 1. The van der Waals surface area contributed by atoms with Gasteiger partial charge in [-0.2, -0.15) is 0 Å². The molecule has 5 heteroatoms. The van der Waals surface area contributed by atoms with Crippen molar-refractivity contribution in [2.24, 2.45) is 0 Å². The fourth-order valence-electron chi connectivity index (χ4n) is 3.46. The van der Waals surface area contributed by atoms with Crippen molar-refractivity contribution in [3.05, 3.63) is 35.9 Å². The van der Waals surface area contributed by atoms with Gasteiger partial charge in [-0.3, -0.25) is 9.69 Å². The maximum atomic E-state index is 11.7. The van der Waals surface area contributed by atoms with Gasteiger partial charge >= 0.3 is 0 Å². The second-order valence-electron chi connectivity index (χ2n) is 6.41. The minimum absolute atomic E-state index is 0.205. The van der Waals surface area contributed by atoms with Gasteiger partial charge in [-0.25, -0.2) is 0 Å². The molecule has 0 aromatic heterocycles. The molecule has 0 radical (unpaired) electrons. The van der Waals surface area contributed by atoms with Crippen LogP contribution in [-0.2, 0) is 9.53 Å². The van der Waals surface area contributed by atoms with E-state index in [1.165, 1.54) is 0 Å². The van der Waals surface area contributed by atoms with E-state index >= 15 is 0 Å². The molecule has 3 rings (SSSR count). The SMILES string of the molecule is O=C1CCCN1CCN1CCOCC1CC(O)c1ccccc1. The summed E-state index contributed by atoms with van der Waals surface area (Å²) in [4.78, 5) is 16.1. The minimum Gasteiger partial charge on any atom is -0.388 e. The zero-order valence-electron chi connectivity index (χ0n) is 13.6. The highest BCUT2D eigenvalue weighted by molar-refractivity contribution is 5.78. The second kappa shape index (κ2) is 7.90. The van der Waals surface area contributed by atoms with Gasteiger partial charge in [0, 0.05) is 38.6 Å².